The van der Waals surface area contributed by atoms with Crippen LogP contribution in [0.5, 0.6) is 0 Å². The first kappa shape index (κ1) is 31.1. The lowest BCUT2D eigenvalue weighted by atomic mass is 9.75. The minimum atomic E-state index is -4.58. The van der Waals surface area contributed by atoms with Crippen LogP contribution in [0.4, 0.5) is 18.0 Å². The van der Waals surface area contributed by atoms with Crippen LogP contribution in [0.25, 0.3) is 0 Å². The molecular formula is C32H39ClF3N3O2. The van der Waals surface area contributed by atoms with E-state index in [0.717, 1.165) is 36.1 Å². The summed E-state index contributed by atoms with van der Waals surface area (Å²) in [4.78, 5) is 19.6. The molecule has 2 aliphatic heterocycles. The number of aryl methyl sites for hydroxylation is 1. The topological polar surface area (TPSA) is 47.0 Å². The Morgan fingerprint density at radius 1 is 1.24 bits per heavy atom. The third-order valence-corrected chi connectivity index (χ3v) is 9.00. The van der Waals surface area contributed by atoms with Crippen molar-refractivity contribution >= 4 is 17.6 Å². The maximum Gasteiger partial charge on any atom is 0.416 e. The molecule has 2 fully saturated rings. The normalized spacial score (nSPS) is 25.5. The summed E-state index contributed by atoms with van der Waals surface area (Å²) in [6.45, 7) is 12.7. The van der Waals surface area contributed by atoms with E-state index in [1.165, 1.54) is 17.0 Å². The SMILES string of the molecule is C=CCC1(CCC)C[C@H]2C(c3ccccc3C)N(C(=O)N(C)C(C=C)c3cc(Cl)cc(C(F)(F)F)c3)CCN2C1O. The van der Waals surface area contributed by atoms with Gasteiger partial charge >= 0.3 is 12.2 Å². The lowest BCUT2D eigenvalue weighted by Gasteiger charge is -2.47. The number of aliphatic hydroxyl groups excluding tert-OH is 1. The molecule has 5 atom stereocenters. The highest BCUT2D eigenvalue weighted by atomic mass is 35.5. The molecule has 2 aromatic carbocycles. The van der Waals surface area contributed by atoms with Crippen LogP contribution in [0.1, 0.15) is 66.9 Å². The van der Waals surface area contributed by atoms with Crippen LogP contribution in [-0.2, 0) is 6.18 Å². The smallest absolute Gasteiger partial charge is 0.378 e. The Bertz CT molecular complexity index is 1290. The number of likely N-dealkylation sites (N-methyl/N-ethyl adjacent to an activating group) is 1. The van der Waals surface area contributed by atoms with E-state index in [-0.39, 0.29) is 34.1 Å². The molecule has 4 rings (SSSR count). The fraction of sp³-hybridized carbons (Fsp3) is 0.469. The standard InChI is InChI=1S/C32H39ClF3N3O2/c1-6-13-31(14-7-2)20-27-28(25-12-10-9-11-21(25)4)39(16-15-38(27)29(31)40)30(41)37(5)26(8-3)22-17-23(32(34,35)36)19-24(33)18-22/h6,8-12,17-19,26-29,40H,1,3,7,13-16,20H2,2,4-5H3/t26?,27-,28?,29?,31?/m0/s1. The zero-order chi connectivity index (χ0) is 30.1. The maximum absolute atomic E-state index is 14.3. The molecule has 0 aliphatic carbocycles. The van der Waals surface area contributed by atoms with Gasteiger partial charge in [0.25, 0.3) is 0 Å². The van der Waals surface area contributed by atoms with Gasteiger partial charge in [-0.05, 0) is 61.1 Å². The predicted molar refractivity (Wildman–Crippen MR) is 156 cm³/mol. The summed E-state index contributed by atoms with van der Waals surface area (Å²) in [6, 6.07) is 9.55. The van der Waals surface area contributed by atoms with E-state index in [2.05, 4.69) is 25.0 Å². The zero-order valence-corrected chi connectivity index (χ0v) is 24.6. The van der Waals surface area contributed by atoms with Gasteiger partial charge in [0.2, 0.25) is 0 Å². The summed E-state index contributed by atoms with van der Waals surface area (Å²) < 4.78 is 40.7. The summed E-state index contributed by atoms with van der Waals surface area (Å²) in [6.07, 6.45) is 1.17. The molecule has 0 saturated carbocycles. The fourth-order valence-corrected chi connectivity index (χ4v) is 7.17. The number of urea groups is 1. The van der Waals surface area contributed by atoms with Crippen molar-refractivity contribution in [2.75, 3.05) is 20.1 Å². The third-order valence-electron chi connectivity index (χ3n) is 8.79. The first-order valence-corrected chi connectivity index (χ1v) is 14.4. The van der Waals surface area contributed by atoms with Crippen LogP contribution in [0.2, 0.25) is 5.02 Å². The number of rotatable bonds is 8. The highest BCUT2D eigenvalue weighted by molar-refractivity contribution is 6.30. The fourth-order valence-electron chi connectivity index (χ4n) is 6.93. The van der Waals surface area contributed by atoms with Crippen LogP contribution < -0.4 is 0 Å². The molecule has 0 bridgehead atoms. The summed E-state index contributed by atoms with van der Waals surface area (Å²) in [5.41, 5.74) is 0.987. The second kappa shape index (κ2) is 12.2. The van der Waals surface area contributed by atoms with Gasteiger partial charge < -0.3 is 14.9 Å². The van der Waals surface area contributed by atoms with Gasteiger partial charge in [-0.3, -0.25) is 4.90 Å². The molecule has 2 aromatic rings. The first-order valence-electron chi connectivity index (χ1n) is 14.0. The zero-order valence-electron chi connectivity index (χ0n) is 23.9. The Morgan fingerprint density at radius 3 is 2.56 bits per heavy atom. The average molecular weight is 590 g/mol. The van der Waals surface area contributed by atoms with Crippen molar-refractivity contribution in [1.82, 2.24) is 14.7 Å². The van der Waals surface area contributed by atoms with Crippen molar-refractivity contribution in [3.63, 3.8) is 0 Å². The predicted octanol–water partition coefficient (Wildman–Crippen LogP) is 7.76. The number of hydrogen-bond acceptors (Lipinski definition) is 3. The van der Waals surface area contributed by atoms with Gasteiger partial charge in [-0.1, -0.05) is 61.4 Å². The number of allylic oxidation sites excluding steroid dienone is 1. The van der Waals surface area contributed by atoms with E-state index >= 15 is 0 Å². The highest BCUT2D eigenvalue weighted by Crippen LogP contribution is 2.52. The number of benzene rings is 2. The summed E-state index contributed by atoms with van der Waals surface area (Å²) >= 11 is 6.08. The van der Waals surface area contributed by atoms with Crippen molar-refractivity contribution < 1.29 is 23.1 Å². The molecule has 0 radical (unpaired) electrons. The van der Waals surface area contributed by atoms with Crippen LogP contribution in [0.3, 0.4) is 0 Å². The number of fused-ring (bicyclic) bond motifs is 1. The summed E-state index contributed by atoms with van der Waals surface area (Å²) in [7, 11) is 1.58. The van der Waals surface area contributed by atoms with Crippen molar-refractivity contribution in [1.29, 1.82) is 0 Å². The van der Waals surface area contributed by atoms with Gasteiger partial charge in [-0.2, -0.15) is 13.2 Å². The highest BCUT2D eigenvalue weighted by Gasteiger charge is 2.56. The number of hydrogen-bond donors (Lipinski definition) is 1. The Kier molecular flexibility index (Phi) is 9.26. The van der Waals surface area contributed by atoms with Gasteiger partial charge in [0.15, 0.2) is 0 Å². The number of aliphatic hydroxyl groups is 1. The molecule has 9 heteroatoms. The quantitative estimate of drug-likeness (QED) is 0.320. The van der Waals surface area contributed by atoms with Crippen LogP contribution in [0.15, 0.2) is 67.8 Å². The molecule has 222 valence electrons. The van der Waals surface area contributed by atoms with Crippen molar-refractivity contribution in [3.05, 3.63) is 95.1 Å². The van der Waals surface area contributed by atoms with E-state index in [9.17, 15) is 23.1 Å². The molecule has 4 unspecified atom stereocenters. The number of alkyl halides is 3. The minimum Gasteiger partial charge on any atom is -0.378 e. The number of carbonyl (C=O) groups excluding carboxylic acids is 1. The second-order valence-electron chi connectivity index (χ2n) is 11.3. The first-order chi connectivity index (χ1) is 19.4. The number of halogens is 4. The number of piperazine rings is 1. The van der Waals surface area contributed by atoms with E-state index in [4.69, 9.17) is 11.6 Å². The number of carbonyl (C=O) groups is 1. The number of nitrogens with zero attached hydrogens (tertiary/aromatic N) is 3. The number of amides is 2. The van der Waals surface area contributed by atoms with Crippen molar-refractivity contribution in [3.8, 4) is 0 Å². The molecule has 0 aromatic heterocycles. The average Bonchev–Trinajstić information content (AvgIpc) is 3.19. The summed E-state index contributed by atoms with van der Waals surface area (Å²) in [5.74, 6) is 0. The second-order valence-corrected chi connectivity index (χ2v) is 11.8. The molecule has 2 amide bonds. The van der Waals surface area contributed by atoms with E-state index in [1.807, 2.05) is 37.3 Å². The molecule has 5 nitrogen and oxygen atoms in total. The monoisotopic (exact) mass is 589 g/mol. The lowest BCUT2D eigenvalue weighted by molar-refractivity contribution is -0.137. The van der Waals surface area contributed by atoms with E-state index < -0.39 is 24.0 Å². The largest absolute Gasteiger partial charge is 0.416 e. The van der Waals surface area contributed by atoms with Gasteiger partial charge in [0.05, 0.1) is 17.6 Å². The van der Waals surface area contributed by atoms with Gasteiger partial charge in [-0.15, -0.1) is 13.2 Å². The third kappa shape index (κ3) is 5.92. The Labute approximate surface area is 245 Å². The van der Waals surface area contributed by atoms with Gasteiger partial charge in [0.1, 0.15) is 6.23 Å². The Hall–Kier alpha value is -2.81. The molecule has 0 spiro atoms. The van der Waals surface area contributed by atoms with Gasteiger partial charge in [-0.25, -0.2) is 4.79 Å². The Balaban J connectivity index is 1.74. The van der Waals surface area contributed by atoms with Crippen LogP contribution in [0, 0.1) is 12.3 Å². The summed E-state index contributed by atoms with van der Waals surface area (Å²) in [5, 5.41) is 11.5. The Morgan fingerprint density at radius 2 is 1.95 bits per heavy atom. The molecule has 2 aliphatic rings. The molecule has 41 heavy (non-hydrogen) atoms. The molecule has 2 saturated heterocycles. The lowest BCUT2D eigenvalue weighted by Crippen LogP contribution is -2.58. The van der Waals surface area contributed by atoms with Crippen LogP contribution >= 0.6 is 11.6 Å². The molecule has 2 heterocycles. The van der Waals surface area contributed by atoms with Crippen LogP contribution in [-0.4, -0.2) is 58.2 Å². The maximum atomic E-state index is 14.3. The van der Waals surface area contributed by atoms with E-state index in [0.29, 0.717) is 25.9 Å². The van der Waals surface area contributed by atoms with Crippen molar-refractivity contribution in [2.45, 2.75) is 70.1 Å². The minimum absolute atomic E-state index is 0.0663. The molecular weight excluding hydrogens is 551 g/mol. The van der Waals surface area contributed by atoms with E-state index in [1.54, 1.807) is 11.9 Å². The molecule has 1 N–H and O–H groups in total. The van der Waals surface area contributed by atoms with Gasteiger partial charge in [0, 0.05) is 36.6 Å². The van der Waals surface area contributed by atoms with Crippen molar-refractivity contribution in [2.24, 2.45) is 5.41 Å².